The van der Waals surface area contributed by atoms with Crippen LogP contribution in [0.2, 0.25) is 0 Å². The summed E-state index contributed by atoms with van der Waals surface area (Å²) in [5, 5.41) is 2.83. The maximum Gasteiger partial charge on any atom is 0.0349 e. The molecule has 1 aromatic rings. The van der Waals surface area contributed by atoms with Crippen molar-refractivity contribution in [1.82, 2.24) is 4.98 Å². The van der Waals surface area contributed by atoms with E-state index in [4.69, 9.17) is 0 Å². The number of aromatic nitrogens is 1. The van der Waals surface area contributed by atoms with Crippen LogP contribution in [-0.4, -0.2) is 4.98 Å². The first-order valence-electron chi connectivity index (χ1n) is 3.88. The van der Waals surface area contributed by atoms with E-state index in [1.165, 1.54) is 17.2 Å². The predicted octanol–water partition coefficient (Wildman–Crippen LogP) is 2.12. The minimum Gasteiger partial charge on any atom is -0.264 e. The van der Waals surface area contributed by atoms with Crippen LogP contribution < -0.4 is 0 Å². The number of pyridine rings is 1. The Morgan fingerprint density at radius 3 is 3.00 bits per heavy atom. The number of nitrogens with zero attached hydrogens (tertiary/aromatic N) is 1. The second-order valence-electron chi connectivity index (χ2n) is 3.31. The highest BCUT2D eigenvalue weighted by Gasteiger charge is 2.41. The highest BCUT2D eigenvalue weighted by Crippen LogP contribution is 2.61. The molecule has 0 amide bonds. The molecule has 3 aliphatic rings. The molecule has 0 saturated heterocycles. The fraction of sp³-hybridized carbons (Fsp3) is 0.100. The zero-order valence-electron chi connectivity index (χ0n) is 5.89. The van der Waals surface area contributed by atoms with Gasteiger partial charge in [-0.15, -0.1) is 0 Å². The van der Waals surface area contributed by atoms with Crippen molar-refractivity contribution in [3.05, 3.63) is 29.6 Å². The van der Waals surface area contributed by atoms with Crippen LogP contribution in [0.25, 0.3) is 21.9 Å². The summed E-state index contributed by atoms with van der Waals surface area (Å²) in [6, 6.07) is 2.13. The minimum absolute atomic E-state index is 1.23. The fourth-order valence-electron chi connectivity index (χ4n) is 2.27. The van der Waals surface area contributed by atoms with Crippen LogP contribution in [0.5, 0.6) is 0 Å². The lowest BCUT2D eigenvalue weighted by Gasteiger charge is -2.03. The molecule has 0 atom stereocenters. The third kappa shape index (κ3) is 0.299. The molecule has 0 bridgehead atoms. The summed E-state index contributed by atoms with van der Waals surface area (Å²) in [6.45, 7) is 0. The van der Waals surface area contributed by atoms with E-state index in [1.807, 2.05) is 12.4 Å². The smallest absolute Gasteiger partial charge is 0.0349 e. The Bertz CT molecular complexity index is 512. The van der Waals surface area contributed by atoms with E-state index >= 15 is 0 Å². The second kappa shape index (κ2) is 1.07. The van der Waals surface area contributed by atoms with Crippen molar-refractivity contribution in [1.29, 1.82) is 0 Å². The Morgan fingerprint density at radius 2 is 2.09 bits per heavy atom. The molecule has 1 aromatic heterocycles. The van der Waals surface area contributed by atoms with Crippen molar-refractivity contribution in [2.75, 3.05) is 0 Å². The lowest BCUT2D eigenvalue weighted by molar-refractivity contribution is 1.23. The zero-order chi connectivity index (χ0) is 7.00. The topological polar surface area (TPSA) is 12.9 Å². The van der Waals surface area contributed by atoms with Crippen molar-refractivity contribution in [3.63, 3.8) is 0 Å². The van der Waals surface area contributed by atoms with Crippen molar-refractivity contribution in [2.45, 2.75) is 6.42 Å². The van der Waals surface area contributed by atoms with Crippen LogP contribution in [-0.2, 0) is 6.42 Å². The van der Waals surface area contributed by atoms with Gasteiger partial charge in [-0.3, -0.25) is 4.98 Å². The first kappa shape index (κ1) is 4.50. The summed E-state index contributed by atoms with van der Waals surface area (Å²) in [5.41, 5.74) is 6.31. The normalized spacial score (nSPS) is 14.9. The molecule has 1 nitrogen and oxygen atoms in total. The monoisotopic (exact) mass is 139 g/mol. The molecule has 1 heteroatoms. The SMILES string of the molecule is c1cc2c3c4c-3c(c2cn1)C4. The average molecular weight is 139 g/mol. The molecule has 0 aromatic carbocycles. The summed E-state index contributed by atoms with van der Waals surface area (Å²) < 4.78 is 0. The van der Waals surface area contributed by atoms with E-state index in [0.717, 1.165) is 0 Å². The largest absolute Gasteiger partial charge is 0.264 e. The van der Waals surface area contributed by atoms with Crippen LogP contribution in [0.3, 0.4) is 0 Å². The second-order valence-corrected chi connectivity index (χ2v) is 3.31. The summed E-state index contributed by atoms with van der Waals surface area (Å²) >= 11 is 0. The molecule has 0 saturated carbocycles. The van der Waals surface area contributed by atoms with E-state index in [0.29, 0.717) is 0 Å². The molecule has 0 aliphatic heterocycles. The van der Waals surface area contributed by atoms with Gasteiger partial charge < -0.3 is 0 Å². The Hall–Kier alpha value is -1.37. The molecule has 1 heterocycles. The lowest BCUT2D eigenvalue weighted by Crippen LogP contribution is -1.89. The first-order valence-corrected chi connectivity index (χ1v) is 3.88. The standard InChI is InChI=1S/C10H5N/c1-2-11-4-8-5(1)9-7-3-6(8)10(7)9/h1-2,4H,3H2. The van der Waals surface area contributed by atoms with E-state index in [2.05, 4.69) is 11.1 Å². The van der Waals surface area contributed by atoms with E-state index in [-0.39, 0.29) is 0 Å². The number of rotatable bonds is 0. The van der Waals surface area contributed by atoms with Gasteiger partial charge in [-0.25, -0.2) is 0 Å². The van der Waals surface area contributed by atoms with Gasteiger partial charge >= 0.3 is 0 Å². The molecule has 4 rings (SSSR count). The molecule has 0 fully saturated rings. The quantitative estimate of drug-likeness (QED) is 0.363. The predicted molar refractivity (Wildman–Crippen MR) is 43.5 cm³/mol. The minimum atomic E-state index is 1.23. The van der Waals surface area contributed by atoms with Gasteiger partial charge in [0, 0.05) is 17.8 Å². The first-order chi connectivity index (χ1) is 5.47. The Balaban J connectivity index is 2.43. The molecule has 11 heavy (non-hydrogen) atoms. The molecule has 0 radical (unpaired) electrons. The Kier molecular flexibility index (Phi) is 0.439. The van der Waals surface area contributed by atoms with Crippen LogP contribution in [0.15, 0.2) is 18.5 Å². The Morgan fingerprint density at radius 1 is 1.09 bits per heavy atom. The number of fused-ring (bicyclic) bond motifs is 4. The van der Waals surface area contributed by atoms with Gasteiger partial charge in [0.25, 0.3) is 0 Å². The zero-order valence-corrected chi connectivity index (χ0v) is 5.89. The van der Waals surface area contributed by atoms with Gasteiger partial charge in [0.05, 0.1) is 0 Å². The molecule has 0 N–H and O–H groups in total. The highest BCUT2D eigenvalue weighted by atomic mass is 14.6. The van der Waals surface area contributed by atoms with Gasteiger partial charge in [-0.2, -0.15) is 0 Å². The molecular weight excluding hydrogens is 134 g/mol. The van der Waals surface area contributed by atoms with Crippen LogP contribution in [0, 0.1) is 0 Å². The van der Waals surface area contributed by atoms with Crippen molar-refractivity contribution in [3.8, 4) is 11.1 Å². The average Bonchev–Trinajstić information content (AvgIpc) is 2.49. The van der Waals surface area contributed by atoms with E-state index < -0.39 is 0 Å². The third-order valence-electron chi connectivity index (χ3n) is 2.86. The number of benzene rings is 1. The molecule has 0 unspecified atom stereocenters. The van der Waals surface area contributed by atoms with Gasteiger partial charge in [0.1, 0.15) is 0 Å². The van der Waals surface area contributed by atoms with Crippen LogP contribution >= 0.6 is 0 Å². The van der Waals surface area contributed by atoms with Crippen LogP contribution in [0.4, 0.5) is 0 Å². The number of hydrogen-bond acceptors (Lipinski definition) is 1. The number of hydrogen-bond donors (Lipinski definition) is 0. The van der Waals surface area contributed by atoms with Gasteiger partial charge in [-0.05, 0) is 40.1 Å². The Labute approximate surface area is 63.7 Å². The molecule has 0 spiro atoms. The summed E-state index contributed by atoms with van der Waals surface area (Å²) in [4.78, 5) is 4.13. The molecular formula is C10H5N. The third-order valence-corrected chi connectivity index (χ3v) is 2.86. The maximum atomic E-state index is 4.13. The molecule has 3 aliphatic carbocycles. The highest BCUT2D eigenvalue weighted by molar-refractivity contribution is 6.20. The van der Waals surface area contributed by atoms with Gasteiger partial charge in [-0.1, -0.05) is 0 Å². The van der Waals surface area contributed by atoms with Crippen molar-refractivity contribution >= 4 is 10.8 Å². The summed E-state index contributed by atoms with van der Waals surface area (Å²) in [6.07, 6.45) is 5.10. The van der Waals surface area contributed by atoms with Crippen molar-refractivity contribution in [2.24, 2.45) is 0 Å². The summed E-state index contributed by atoms with van der Waals surface area (Å²) in [5.74, 6) is 0. The fourth-order valence-corrected chi connectivity index (χ4v) is 2.27. The maximum absolute atomic E-state index is 4.13. The van der Waals surface area contributed by atoms with Crippen LogP contribution in [0.1, 0.15) is 11.1 Å². The molecule has 50 valence electrons. The van der Waals surface area contributed by atoms with E-state index in [9.17, 15) is 0 Å². The van der Waals surface area contributed by atoms with Crippen molar-refractivity contribution < 1.29 is 0 Å². The lowest BCUT2D eigenvalue weighted by atomic mass is 10.0. The van der Waals surface area contributed by atoms with Gasteiger partial charge in [0.2, 0.25) is 0 Å². The van der Waals surface area contributed by atoms with E-state index in [1.54, 1.807) is 22.3 Å². The van der Waals surface area contributed by atoms with Gasteiger partial charge in [0.15, 0.2) is 0 Å². The summed E-state index contributed by atoms with van der Waals surface area (Å²) in [7, 11) is 0.